The summed E-state index contributed by atoms with van der Waals surface area (Å²) >= 11 is 7.47. The second kappa shape index (κ2) is 7.26. The quantitative estimate of drug-likeness (QED) is 0.525. The van der Waals surface area contributed by atoms with Gasteiger partial charge in [0.1, 0.15) is 0 Å². The fourth-order valence-corrected chi connectivity index (χ4v) is 4.37. The molecular formula is C18H16ClFN4OS. The van der Waals surface area contributed by atoms with Crippen molar-refractivity contribution in [2.75, 3.05) is 18.9 Å². The van der Waals surface area contributed by atoms with Crippen LogP contribution in [0.25, 0.3) is 21.8 Å². The number of aromatic nitrogens is 3. The van der Waals surface area contributed by atoms with Gasteiger partial charge < -0.3 is 10.5 Å². The molecule has 8 heteroatoms. The van der Waals surface area contributed by atoms with Gasteiger partial charge in [0.2, 0.25) is 5.28 Å². The van der Waals surface area contributed by atoms with Gasteiger partial charge >= 0.3 is 0 Å². The minimum atomic E-state index is -0.474. The Hall–Kier alpha value is -2.09. The predicted octanol–water partition coefficient (Wildman–Crippen LogP) is 4.54. The molecule has 1 fully saturated rings. The third kappa shape index (κ3) is 3.30. The van der Waals surface area contributed by atoms with Crippen LogP contribution in [0.1, 0.15) is 23.8 Å². The number of hydrogen-bond donors (Lipinski definition) is 1. The molecule has 1 aliphatic heterocycles. The van der Waals surface area contributed by atoms with E-state index in [1.165, 1.54) is 17.4 Å². The van der Waals surface area contributed by atoms with E-state index in [1.807, 2.05) is 0 Å². The van der Waals surface area contributed by atoms with Crippen LogP contribution >= 0.6 is 22.9 Å². The molecule has 2 N–H and O–H groups in total. The first kappa shape index (κ1) is 17.3. The van der Waals surface area contributed by atoms with Crippen LogP contribution in [0.15, 0.2) is 30.5 Å². The van der Waals surface area contributed by atoms with E-state index in [-0.39, 0.29) is 11.0 Å². The number of ether oxygens (including phenoxy) is 1. The number of nitrogen functional groups attached to an aromatic ring is 1. The van der Waals surface area contributed by atoms with E-state index in [9.17, 15) is 4.39 Å². The van der Waals surface area contributed by atoms with Crippen molar-refractivity contribution < 1.29 is 9.13 Å². The third-order valence-corrected chi connectivity index (χ3v) is 5.78. The van der Waals surface area contributed by atoms with Crippen molar-refractivity contribution in [1.29, 1.82) is 0 Å². The van der Waals surface area contributed by atoms with Crippen LogP contribution in [0.4, 0.5) is 10.1 Å². The van der Waals surface area contributed by atoms with Gasteiger partial charge in [-0.2, -0.15) is 0 Å². The average molecular weight is 391 g/mol. The molecule has 0 amide bonds. The van der Waals surface area contributed by atoms with Crippen molar-refractivity contribution >= 4 is 28.6 Å². The number of rotatable bonds is 3. The summed E-state index contributed by atoms with van der Waals surface area (Å²) in [5.74, 6) is -0.180. The minimum absolute atomic E-state index is 0.0924. The monoisotopic (exact) mass is 390 g/mol. The van der Waals surface area contributed by atoms with Gasteiger partial charge in [-0.3, -0.25) is 0 Å². The Kier molecular flexibility index (Phi) is 4.84. The smallest absolute Gasteiger partial charge is 0.222 e. The van der Waals surface area contributed by atoms with Crippen LogP contribution in [0.3, 0.4) is 0 Å². The number of halogens is 2. The average Bonchev–Trinajstić information content (AvgIpc) is 3.10. The van der Waals surface area contributed by atoms with Gasteiger partial charge in [0.05, 0.1) is 27.0 Å². The molecule has 134 valence electrons. The largest absolute Gasteiger partial charge is 0.396 e. The third-order valence-electron chi connectivity index (χ3n) is 4.36. The summed E-state index contributed by atoms with van der Waals surface area (Å²) in [6.07, 6.45) is 3.38. The number of nitrogens with zero attached hydrogens (tertiary/aromatic N) is 3. The van der Waals surface area contributed by atoms with Crippen LogP contribution in [0.5, 0.6) is 0 Å². The lowest BCUT2D eigenvalue weighted by Gasteiger charge is -2.19. The number of hydrogen-bond acceptors (Lipinski definition) is 6. The fraction of sp³-hybridized carbons (Fsp3) is 0.278. The predicted molar refractivity (Wildman–Crippen MR) is 101 cm³/mol. The highest BCUT2D eigenvalue weighted by atomic mass is 35.5. The molecule has 0 saturated carbocycles. The lowest BCUT2D eigenvalue weighted by Crippen LogP contribution is -2.13. The highest BCUT2D eigenvalue weighted by molar-refractivity contribution is 7.15. The van der Waals surface area contributed by atoms with Crippen molar-refractivity contribution in [1.82, 2.24) is 15.0 Å². The van der Waals surface area contributed by atoms with E-state index < -0.39 is 5.82 Å². The van der Waals surface area contributed by atoms with Gasteiger partial charge in [-0.25, -0.2) is 19.3 Å². The lowest BCUT2D eigenvalue weighted by molar-refractivity contribution is 0.0853. The Morgan fingerprint density at radius 2 is 2.00 bits per heavy atom. The molecule has 1 aliphatic rings. The zero-order valence-corrected chi connectivity index (χ0v) is 15.4. The van der Waals surface area contributed by atoms with Gasteiger partial charge in [0, 0.05) is 30.9 Å². The molecule has 1 saturated heterocycles. The molecule has 4 rings (SSSR count). The van der Waals surface area contributed by atoms with Gasteiger partial charge in [0.25, 0.3) is 0 Å². The van der Waals surface area contributed by atoms with Crippen molar-refractivity contribution in [3.63, 3.8) is 0 Å². The fourth-order valence-electron chi connectivity index (χ4n) is 3.01. The van der Waals surface area contributed by atoms with Gasteiger partial charge in [0.15, 0.2) is 5.82 Å². The molecule has 0 unspecified atom stereocenters. The summed E-state index contributed by atoms with van der Waals surface area (Å²) in [5.41, 5.74) is 7.38. The number of thiazole rings is 1. The molecule has 26 heavy (non-hydrogen) atoms. The standard InChI is InChI=1S/C18H16ClFN4OS/c19-18-22-7-4-13(23-18)16-15(11-2-1-3-12(21)14(11)20)24-17(26-16)10-5-8-25-9-6-10/h1-4,7,10H,5-6,8-9,21H2. The summed E-state index contributed by atoms with van der Waals surface area (Å²) in [7, 11) is 0. The van der Waals surface area contributed by atoms with Crippen LogP contribution in [-0.4, -0.2) is 28.2 Å². The van der Waals surface area contributed by atoms with E-state index >= 15 is 0 Å². The van der Waals surface area contributed by atoms with Gasteiger partial charge in [-0.1, -0.05) is 6.07 Å². The van der Waals surface area contributed by atoms with Crippen molar-refractivity contribution in [3.8, 4) is 21.8 Å². The maximum atomic E-state index is 14.7. The molecule has 3 heterocycles. The normalized spacial score (nSPS) is 15.3. The summed E-state index contributed by atoms with van der Waals surface area (Å²) in [4.78, 5) is 13.8. The molecule has 0 atom stereocenters. The maximum Gasteiger partial charge on any atom is 0.222 e. The van der Waals surface area contributed by atoms with Crippen LogP contribution < -0.4 is 5.73 Å². The molecule has 0 aliphatic carbocycles. The number of anilines is 1. The van der Waals surface area contributed by atoms with Crippen molar-refractivity contribution in [2.45, 2.75) is 18.8 Å². The first-order valence-corrected chi connectivity index (χ1v) is 9.44. The van der Waals surface area contributed by atoms with E-state index in [0.717, 1.165) is 22.7 Å². The van der Waals surface area contributed by atoms with Gasteiger partial charge in [-0.05, 0) is 42.6 Å². The first-order chi connectivity index (χ1) is 12.6. The van der Waals surface area contributed by atoms with Crippen LogP contribution in [-0.2, 0) is 4.74 Å². The molecule has 2 aromatic heterocycles. The van der Waals surface area contributed by atoms with E-state index in [4.69, 9.17) is 27.1 Å². The van der Waals surface area contributed by atoms with Crippen LogP contribution in [0.2, 0.25) is 5.28 Å². The van der Waals surface area contributed by atoms with E-state index in [0.29, 0.717) is 36.1 Å². The Morgan fingerprint density at radius 3 is 2.77 bits per heavy atom. The molecule has 0 spiro atoms. The number of nitrogens with two attached hydrogens (primary N) is 1. The maximum absolute atomic E-state index is 14.7. The summed E-state index contributed by atoms with van der Waals surface area (Å²) in [6, 6.07) is 6.69. The first-order valence-electron chi connectivity index (χ1n) is 8.25. The Morgan fingerprint density at radius 1 is 1.19 bits per heavy atom. The Balaban J connectivity index is 1.87. The van der Waals surface area contributed by atoms with Crippen LogP contribution in [0, 0.1) is 5.82 Å². The van der Waals surface area contributed by atoms with Gasteiger partial charge in [-0.15, -0.1) is 11.3 Å². The molecule has 5 nitrogen and oxygen atoms in total. The highest BCUT2D eigenvalue weighted by Gasteiger charge is 2.25. The van der Waals surface area contributed by atoms with Crippen molar-refractivity contribution in [2.24, 2.45) is 0 Å². The summed E-state index contributed by atoms with van der Waals surface area (Å²) in [5, 5.41) is 1.09. The van der Waals surface area contributed by atoms with Crippen molar-refractivity contribution in [3.05, 3.63) is 46.6 Å². The topological polar surface area (TPSA) is 73.9 Å². The Bertz CT molecular complexity index is 943. The summed E-state index contributed by atoms with van der Waals surface area (Å²) in [6.45, 7) is 1.42. The Labute approximate surface area is 159 Å². The second-order valence-corrected chi connectivity index (χ2v) is 7.40. The molecule has 3 aromatic rings. The van der Waals surface area contributed by atoms with E-state index in [1.54, 1.807) is 24.4 Å². The minimum Gasteiger partial charge on any atom is -0.396 e. The molecule has 0 radical (unpaired) electrons. The number of benzene rings is 1. The molecule has 1 aromatic carbocycles. The molecule has 0 bridgehead atoms. The zero-order chi connectivity index (χ0) is 18.1. The molecular weight excluding hydrogens is 375 g/mol. The highest BCUT2D eigenvalue weighted by Crippen LogP contribution is 2.42. The lowest BCUT2D eigenvalue weighted by atomic mass is 10.0. The zero-order valence-electron chi connectivity index (χ0n) is 13.8. The SMILES string of the molecule is Nc1cccc(-c2nc(C3CCOCC3)sc2-c2ccnc(Cl)n2)c1F. The summed E-state index contributed by atoms with van der Waals surface area (Å²) < 4.78 is 20.1. The second-order valence-electron chi connectivity index (χ2n) is 6.04. The van der Waals surface area contributed by atoms with E-state index in [2.05, 4.69) is 9.97 Å².